The van der Waals surface area contributed by atoms with E-state index in [0.717, 1.165) is 34.1 Å². The molecule has 0 saturated heterocycles. The minimum absolute atomic E-state index is 0.616. The first-order valence-corrected chi connectivity index (χ1v) is 19.7. The van der Waals surface area contributed by atoms with E-state index in [1.165, 1.54) is 55.6 Å². The fourth-order valence-electron chi connectivity index (χ4n) is 9.55. The van der Waals surface area contributed by atoms with Crippen molar-refractivity contribution in [2.45, 2.75) is 5.41 Å². The van der Waals surface area contributed by atoms with Gasteiger partial charge in [0, 0.05) is 34.1 Å². The van der Waals surface area contributed by atoms with Gasteiger partial charge in [-0.3, -0.25) is 0 Å². The number of hydrogen-bond acceptors (Lipinski definition) is 2. The molecule has 0 saturated carbocycles. The maximum absolute atomic E-state index is 2.47. The molecule has 9 aromatic carbocycles. The largest absolute Gasteiger partial charge is 0.310 e. The quantitative estimate of drug-likeness (QED) is 0.168. The summed E-state index contributed by atoms with van der Waals surface area (Å²) < 4.78 is 0. The van der Waals surface area contributed by atoms with Crippen LogP contribution in [-0.4, -0.2) is 0 Å². The van der Waals surface area contributed by atoms with E-state index in [4.69, 9.17) is 0 Å². The Morgan fingerprint density at radius 1 is 0.211 bits per heavy atom. The summed E-state index contributed by atoms with van der Waals surface area (Å²) in [5.74, 6) is 0. The van der Waals surface area contributed by atoms with E-state index < -0.39 is 5.41 Å². The molecular weight excluding hydrogens is 689 g/mol. The highest BCUT2D eigenvalue weighted by molar-refractivity contribution is 5.99. The third kappa shape index (κ3) is 5.11. The van der Waals surface area contributed by atoms with Gasteiger partial charge in [0.05, 0.1) is 5.41 Å². The molecule has 0 N–H and O–H groups in total. The van der Waals surface area contributed by atoms with Crippen LogP contribution in [0, 0.1) is 0 Å². The van der Waals surface area contributed by atoms with Gasteiger partial charge in [0.15, 0.2) is 0 Å². The highest BCUT2D eigenvalue weighted by Gasteiger charge is 2.50. The topological polar surface area (TPSA) is 6.48 Å². The van der Waals surface area contributed by atoms with Crippen molar-refractivity contribution in [3.63, 3.8) is 0 Å². The number of para-hydroxylation sites is 4. The minimum Gasteiger partial charge on any atom is -0.310 e. The third-order valence-corrected chi connectivity index (χ3v) is 11.8. The third-order valence-electron chi connectivity index (χ3n) is 11.8. The van der Waals surface area contributed by atoms with Crippen LogP contribution >= 0.6 is 0 Å². The van der Waals surface area contributed by atoms with E-state index >= 15 is 0 Å². The Hall–Kier alpha value is -7.42. The minimum atomic E-state index is -0.616. The summed E-state index contributed by atoms with van der Waals surface area (Å²) in [6.07, 6.45) is 0. The summed E-state index contributed by atoms with van der Waals surface area (Å²) >= 11 is 0. The summed E-state index contributed by atoms with van der Waals surface area (Å²) in [5, 5.41) is 0. The van der Waals surface area contributed by atoms with Gasteiger partial charge < -0.3 is 9.80 Å². The molecule has 1 unspecified atom stereocenters. The van der Waals surface area contributed by atoms with E-state index in [9.17, 15) is 0 Å². The van der Waals surface area contributed by atoms with Crippen LogP contribution in [0.1, 0.15) is 22.3 Å². The normalized spacial score (nSPS) is 14.4. The van der Waals surface area contributed by atoms with Crippen LogP contribution in [0.25, 0.3) is 33.4 Å². The number of fused-ring (bicyclic) bond motifs is 12. The van der Waals surface area contributed by atoms with Gasteiger partial charge in [-0.15, -0.1) is 0 Å². The summed E-state index contributed by atoms with van der Waals surface area (Å²) in [4.78, 5) is 4.76. The number of hydrogen-bond donors (Lipinski definition) is 0. The molecule has 2 nitrogen and oxygen atoms in total. The second kappa shape index (κ2) is 13.4. The second-order valence-corrected chi connectivity index (χ2v) is 14.9. The zero-order valence-corrected chi connectivity index (χ0v) is 31.3. The van der Waals surface area contributed by atoms with Gasteiger partial charge in [-0.2, -0.15) is 0 Å². The van der Waals surface area contributed by atoms with E-state index in [1.54, 1.807) is 0 Å². The molecule has 0 aromatic heterocycles. The highest BCUT2D eigenvalue weighted by atomic mass is 15.1. The Balaban J connectivity index is 1.24. The van der Waals surface area contributed by atoms with Crippen LogP contribution in [0.2, 0.25) is 0 Å². The lowest BCUT2D eigenvalue weighted by Gasteiger charge is -2.36. The van der Waals surface area contributed by atoms with Crippen LogP contribution in [0.5, 0.6) is 0 Å². The molecule has 0 radical (unpaired) electrons. The van der Waals surface area contributed by atoms with Crippen molar-refractivity contribution in [3.8, 4) is 33.4 Å². The molecule has 2 heteroatoms. The zero-order chi connectivity index (χ0) is 37.8. The lowest BCUT2D eigenvalue weighted by Crippen LogP contribution is -2.29. The molecule has 0 heterocycles. The number of anilines is 6. The van der Waals surface area contributed by atoms with Crippen LogP contribution in [0.4, 0.5) is 34.1 Å². The molecule has 2 aliphatic carbocycles. The number of nitrogens with zero attached hydrogens (tertiary/aromatic N) is 2. The van der Waals surface area contributed by atoms with Gasteiger partial charge in [-0.05, 0) is 128 Å². The molecule has 1 spiro atoms. The van der Waals surface area contributed by atoms with Gasteiger partial charge in [0.2, 0.25) is 0 Å². The summed E-state index contributed by atoms with van der Waals surface area (Å²) in [5.41, 5.74) is 18.8. The molecule has 1 atom stereocenters. The van der Waals surface area contributed by atoms with Crippen LogP contribution in [0.15, 0.2) is 231 Å². The fourth-order valence-corrected chi connectivity index (χ4v) is 9.55. The van der Waals surface area contributed by atoms with Gasteiger partial charge in [0.1, 0.15) is 0 Å². The lowest BCUT2D eigenvalue weighted by atomic mass is 9.66. The Bertz CT molecular complexity index is 2820. The zero-order valence-electron chi connectivity index (χ0n) is 31.3. The van der Waals surface area contributed by atoms with Gasteiger partial charge in [-0.25, -0.2) is 0 Å². The summed E-state index contributed by atoms with van der Waals surface area (Å²) in [6.45, 7) is 0. The smallest absolute Gasteiger partial charge is 0.0726 e. The van der Waals surface area contributed by atoms with Crippen molar-refractivity contribution in [1.82, 2.24) is 0 Å². The van der Waals surface area contributed by atoms with Crippen LogP contribution < -0.4 is 9.80 Å². The lowest BCUT2D eigenvalue weighted by molar-refractivity contribution is 0.775. The van der Waals surface area contributed by atoms with Crippen LogP contribution in [-0.2, 0) is 5.41 Å². The standard InChI is InChI=1S/C55H38N2/c1-5-19-39(20-6-1)56(40-21-7-2-8-22-40)43-34-36-53-50(37-43)46-28-14-13-27-45(46)47-29-15-17-31-51(47)55(53)52-32-18-16-30-48(52)49-35-33-44(38-54(49)55)57(41-23-9-3-10-24-41)42-25-11-4-12-26-42/h1-38H. The average molecular weight is 727 g/mol. The van der Waals surface area contributed by atoms with E-state index in [1.807, 2.05) is 0 Å². The summed E-state index contributed by atoms with van der Waals surface area (Å²) in [7, 11) is 0. The molecule has 9 aromatic rings. The van der Waals surface area contributed by atoms with Crippen molar-refractivity contribution in [2.75, 3.05) is 9.80 Å². The Morgan fingerprint density at radius 2 is 0.544 bits per heavy atom. The molecule has 268 valence electrons. The Labute approximate surface area is 334 Å². The fraction of sp³-hybridized carbons (Fsp3) is 0.0182. The monoisotopic (exact) mass is 726 g/mol. The van der Waals surface area contributed by atoms with Crippen molar-refractivity contribution in [2.24, 2.45) is 0 Å². The molecule has 0 amide bonds. The molecule has 0 bridgehead atoms. The van der Waals surface area contributed by atoms with Crippen molar-refractivity contribution < 1.29 is 0 Å². The first-order chi connectivity index (χ1) is 28.3. The Kier molecular flexibility index (Phi) is 7.75. The molecule has 2 aliphatic rings. The van der Waals surface area contributed by atoms with Crippen molar-refractivity contribution in [1.29, 1.82) is 0 Å². The van der Waals surface area contributed by atoms with Crippen molar-refractivity contribution in [3.05, 3.63) is 253 Å². The predicted molar refractivity (Wildman–Crippen MR) is 238 cm³/mol. The first-order valence-electron chi connectivity index (χ1n) is 19.7. The maximum Gasteiger partial charge on any atom is 0.0726 e. The summed E-state index contributed by atoms with van der Waals surface area (Å²) in [6, 6.07) is 84.4. The Morgan fingerprint density at radius 3 is 1.04 bits per heavy atom. The first kappa shape index (κ1) is 33.0. The molecular formula is C55H38N2. The van der Waals surface area contributed by atoms with Crippen molar-refractivity contribution >= 4 is 34.1 Å². The maximum atomic E-state index is 2.47. The van der Waals surface area contributed by atoms with Crippen LogP contribution in [0.3, 0.4) is 0 Å². The number of benzene rings is 9. The molecule has 11 rings (SSSR count). The van der Waals surface area contributed by atoms with Gasteiger partial charge >= 0.3 is 0 Å². The second-order valence-electron chi connectivity index (χ2n) is 14.9. The number of rotatable bonds is 6. The molecule has 0 aliphatic heterocycles. The SMILES string of the molecule is c1ccc(N(c2ccccc2)c2ccc3c(c2)-c2ccccc2-c2ccccc2C32c3ccccc3-c3ccc(N(c4ccccc4)c4ccccc4)cc32)cc1. The molecule has 57 heavy (non-hydrogen) atoms. The van der Waals surface area contributed by atoms with Gasteiger partial charge in [0.25, 0.3) is 0 Å². The molecule has 0 fully saturated rings. The predicted octanol–water partition coefficient (Wildman–Crippen LogP) is 14.6. The van der Waals surface area contributed by atoms with Gasteiger partial charge in [-0.1, -0.05) is 158 Å². The van der Waals surface area contributed by atoms with E-state index in [0.29, 0.717) is 0 Å². The average Bonchev–Trinajstić information content (AvgIpc) is 3.52. The van der Waals surface area contributed by atoms with E-state index in [2.05, 4.69) is 240 Å². The highest BCUT2D eigenvalue weighted by Crippen LogP contribution is 2.62. The van der Waals surface area contributed by atoms with E-state index in [-0.39, 0.29) is 0 Å².